The number of fused-ring (bicyclic) bond motifs is 4. The molecule has 0 spiro atoms. The molecular weight excluding hydrogens is 599 g/mol. The van der Waals surface area contributed by atoms with Crippen molar-refractivity contribution in [1.82, 2.24) is 0 Å². The fraction of sp³-hybridized carbons (Fsp3) is 0. The summed E-state index contributed by atoms with van der Waals surface area (Å²) >= 11 is 1.86. The molecule has 1 aromatic heterocycles. The number of rotatable bonds is 6. The first kappa shape index (κ1) is 28.3. The van der Waals surface area contributed by atoms with Crippen molar-refractivity contribution in [3.05, 3.63) is 188 Å². The van der Waals surface area contributed by atoms with Crippen LogP contribution in [0.15, 0.2) is 188 Å². The van der Waals surface area contributed by atoms with Crippen molar-refractivity contribution in [1.29, 1.82) is 0 Å². The molecule has 8 aromatic carbocycles. The molecule has 9 aromatic rings. The van der Waals surface area contributed by atoms with Crippen LogP contribution >= 0.6 is 11.3 Å². The average molecular weight is 630 g/mol. The van der Waals surface area contributed by atoms with E-state index >= 15 is 0 Å². The van der Waals surface area contributed by atoms with Crippen LogP contribution < -0.4 is 4.90 Å². The first-order valence-electron chi connectivity index (χ1n) is 16.4. The predicted octanol–water partition coefficient (Wildman–Crippen LogP) is 13.7. The van der Waals surface area contributed by atoms with Crippen molar-refractivity contribution >= 4 is 59.3 Å². The van der Waals surface area contributed by atoms with Gasteiger partial charge in [-0.05, 0) is 81.1 Å². The van der Waals surface area contributed by atoms with Gasteiger partial charge < -0.3 is 4.90 Å². The van der Waals surface area contributed by atoms with E-state index in [0.717, 1.165) is 11.4 Å². The molecule has 0 amide bonds. The van der Waals surface area contributed by atoms with Gasteiger partial charge in [0.25, 0.3) is 0 Å². The smallest absolute Gasteiger partial charge is 0.0555 e. The Balaban J connectivity index is 1.25. The van der Waals surface area contributed by atoms with Crippen LogP contribution in [0.25, 0.3) is 64.3 Å². The molecule has 0 atom stereocenters. The van der Waals surface area contributed by atoms with E-state index in [2.05, 4.69) is 193 Å². The van der Waals surface area contributed by atoms with E-state index in [9.17, 15) is 0 Å². The lowest BCUT2D eigenvalue weighted by Gasteiger charge is -2.29. The molecule has 0 N–H and O–H groups in total. The molecule has 2 heteroatoms. The van der Waals surface area contributed by atoms with E-state index in [-0.39, 0.29) is 0 Å². The van der Waals surface area contributed by atoms with Crippen LogP contribution in [-0.2, 0) is 0 Å². The second kappa shape index (κ2) is 12.0. The standard InChI is InChI=1S/C46H31NS/c1-2-14-33(15-3-1)40-23-6-8-26-42(40)47(43-27-13-29-45-46(43)41-24-7-9-28-44(41)48-45)37-21-11-19-35(31-37)34-18-10-20-36(30-34)39-25-12-17-32-16-4-5-22-38(32)39/h1-31H. The zero-order chi connectivity index (χ0) is 31.9. The predicted molar refractivity (Wildman–Crippen MR) is 208 cm³/mol. The average Bonchev–Trinajstić information content (AvgIpc) is 3.55. The second-order valence-corrected chi connectivity index (χ2v) is 13.2. The molecule has 0 aliphatic heterocycles. The Morgan fingerprint density at radius 2 is 0.938 bits per heavy atom. The van der Waals surface area contributed by atoms with Gasteiger partial charge in [0.1, 0.15) is 0 Å². The van der Waals surface area contributed by atoms with Gasteiger partial charge in [-0.25, -0.2) is 0 Å². The number of hydrogen-bond acceptors (Lipinski definition) is 2. The fourth-order valence-corrected chi connectivity index (χ4v) is 8.18. The highest BCUT2D eigenvalue weighted by Crippen LogP contribution is 2.47. The van der Waals surface area contributed by atoms with Gasteiger partial charge in [0.15, 0.2) is 0 Å². The Kier molecular flexibility index (Phi) is 7.07. The SMILES string of the molecule is c1ccc(-c2ccccc2N(c2cccc(-c3cccc(-c4cccc5ccccc45)c3)c2)c2cccc3sc4ccccc4c23)cc1. The van der Waals surface area contributed by atoms with Gasteiger partial charge in [-0.2, -0.15) is 0 Å². The first-order valence-corrected chi connectivity index (χ1v) is 17.2. The van der Waals surface area contributed by atoms with Crippen LogP contribution in [-0.4, -0.2) is 0 Å². The van der Waals surface area contributed by atoms with Crippen molar-refractivity contribution in [2.45, 2.75) is 0 Å². The minimum absolute atomic E-state index is 1.12. The van der Waals surface area contributed by atoms with Crippen LogP contribution in [0.4, 0.5) is 17.1 Å². The lowest BCUT2D eigenvalue weighted by atomic mass is 9.95. The topological polar surface area (TPSA) is 3.24 Å². The summed E-state index contributed by atoms with van der Waals surface area (Å²) in [5.74, 6) is 0. The molecule has 0 saturated heterocycles. The molecule has 1 nitrogen and oxygen atoms in total. The monoisotopic (exact) mass is 629 g/mol. The van der Waals surface area contributed by atoms with Crippen molar-refractivity contribution in [3.63, 3.8) is 0 Å². The van der Waals surface area contributed by atoms with Gasteiger partial charge in [-0.3, -0.25) is 0 Å². The molecule has 9 rings (SSSR count). The highest BCUT2D eigenvalue weighted by atomic mass is 32.1. The molecular formula is C46H31NS. The van der Waals surface area contributed by atoms with E-state index in [4.69, 9.17) is 0 Å². The molecule has 0 unspecified atom stereocenters. The summed E-state index contributed by atoms with van der Waals surface area (Å²) < 4.78 is 2.59. The lowest BCUT2D eigenvalue weighted by Crippen LogP contribution is -2.11. The number of hydrogen-bond donors (Lipinski definition) is 0. The Bertz CT molecular complexity index is 2570. The zero-order valence-electron chi connectivity index (χ0n) is 26.3. The molecule has 48 heavy (non-hydrogen) atoms. The van der Waals surface area contributed by atoms with Crippen LogP contribution in [0.3, 0.4) is 0 Å². The van der Waals surface area contributed by atoms with E-state index in [1.165, 1.54) is 70.0 Å². The number of thiophene rings is 1. The quantitative estimate of drug-likeness (QED) is 0.177. The maximum Gasteiger partial charge on any atom is 0.0555 e. The number of para-hydroxylation sites is 1. The molecule has 0 fully saturated rings. The maximum absolute atomic E-state index is 2.46. The van der Waals surface area contributed by atoms with Crippen LogP contribution in [0.2, 0.25) is 0 Å². The van der Waals surface area contributed by atoms with Crippen molar-refractivity contribution in [3.8, 4) is 33.4 Å². The second-order valence-electron chi connectivity index (χ2n) is 12.1. The lowest BCUT2D eigenvalue weighted by molar-refractivity contribution is 1.30. The third-order valence-electron chi connectivity index (χ3n) is 9.25. The van der Waals surface area contributed by atoms with E-state index in [1.807, 2.05) is 11.3 Å². The number of anilines is 3. The Morgan fingerprint density at radius 1 is 0.354 bits per heavy atom. The van der Waals surface area contributed by atoms with Crippen LogP contribution in [0, 0.1) is 0 Å². The third kappa shape index (κ3) is 4.95. The van der Waals surface area contributed by atoms with Gasteiger partial charge in [-0.1, -0.05) is 146 Å². The summed E-state index contributed by atoms with van der Waals surface area (Å²) in [6, 6.07) is 68.2. The highest BCUT2D eigenvalue weighted by Gasteiger charge is 2.21. The van der Waals surface area contributed by atoms with E-state index in [1.54, 1.807) is 0 Å². The molecule has 0 saturated carbocycles. The van der Waals surface area contributed by atoms with Crippen LogP contribution in [0.5, 0.6) is 0 Å². The van der Waals surface area contributed by atoms with Gasteiger partial charge in [-0.15, -0.1) is 11.3 Å². The molecule has 0 radical (unpaired) electrons. The van der Waals surface area contributed by atoms with Crippen LogP contribution in [0.1, 0.15) is 0 Å². The van der Waals surface area contributed by atoms with Crippen molar-refractivity contribution in [2.24, 2.45) is 0 Å². The van der Waals surface area contributed by atoms with Gasteiger partial charge in [0.2, 0.25) is 0 Å². The Hall–Kier alpha value is -5.96. The fourth-order valence-electron chi connectivity index (χ4n) is 7.05. The first-order chi connectivity index (χ1) is 23.8. The molecule has 0 aliphatic carbocycles. The molecule has 0 aliphatic rings. The summed E-state index contributed by atoms with van der Waals surface area (Å²) in [6.45, 7) is 0. The summed E-state index contributed by atoms with van der Waals surface area (Å²) in [5, 5.41) is 5.09. The Labute approximate surface area is 284 Å². The van der Waals surface area contributed by atoms with E-state index in [0.29, 0.717) is 0 Å². The molecule has 0 bridgehead atoms. The van der Waals surface area contributed by atoms with Gasteiger partial charge >= 0.3 is 0 Å². The van der Waals surface area contributed by atoms with Gasteiger partial charge in [0, 0.05) is 31.4 Å². The number of nitrogens with zero attached hydrogens (tertiary/aromatic N) is 1. The molecule has 1 heterocycles. The zero-order valence-corrected chi connectivity index (χ0v) is 27.1. The minimum Gasteiger partial charge on any atom is -0.309 e. The van der Waals surface area contributed by atoms with E-state index < -0.39 is 0 Å². The van der Waals surface area contributed by atoms with Crippen molar-refractivity contribution < 1.29 is 0 Å². The van der Waals surface area contributed by atoms with Crippen molar-refractivity contribution in [2.75, 3.05) is 4.90 Å². The normalized spacial score (nSPS) is 11.3. The summed E-state index contributed by atoms with van der Waals surface area (Å²) in [5.41, 5.74) is 10.7. The largest absolute Gasteiger partial charge is 0.309 e. The van der Waals surface area contributed by atoms with Gasteiger partial charge in [0.05, 0.1) is 11.4 Å². The molecule has 226 valence electrons. The Morgan fingerprint density at radius 3 is 1.85 bits per heavy atom. The number of benzene rings is 8. The summed E-state index contributed by atoms with van der Waals surface area (Å²) in [7, 11) is 0. The highest BCUT2D eigenvalue weighted by molar-refractivity contribution is 7.26. The minimum atomic E-state index is 1.12. The summed E-state index contributed by atoms with van der Waals surface area (Å²) in [4.78, 5) is 2.46. The summed E-state index contributed by atoms with van der Waals surface area (Å²) in [6.07, 6.45) is 0. The maximum atomic E-state index is 2.46. The third-order valence-corrected chi connectivity index (χ3v) is 10.4.